The van der Waals surface area contributed by atoms with Gasteiger partial charge in [0.2, 0.25) is 0 Å². The van der Waals surface area contributed by atoms with Gasteiger partial charge < -0.3 is 20.6 Å². The Hall–Kier alpha value is -5.13. The SMILES string of the molecule is C#Cc1cnc2c(C#N)cc(N[C@H](C3=CN(C4(C(F)F)CC4)NN3)c3cccc4c(=O)n(C)ccc34)cc2c1NCC(C)(C)C. The largest absolute Gasteiger partial charge is 0.383 e. The summed E-state index contributed by atoms with van der Waals surface area (Å²) in [5, 5.41) is 20.5. The molecule has 2 aromatic heterocycles. The summed E-state index contributed by atoms with van der Waals surface area (Å²) in [7, 11) is 1.69. The maximum atomic E-state index is 14.0. The molecule has 4 aromatic rings. The van der Waals surface area contributed by atoms with E-state index in [1.165, 1.54) is 9.58 Å². The smallest absolute Gasteiger partial charge is 0.262 e. The lowest BCUT2D eigenvalue weighted by Gasteiger charge is -2.25. The number of rotatable bonds is 8. The quantitative estimate of drug-likeness (QED) is 0.194. The molecular formula is C34H34F2N8O. The van der Waals surface area contributed by atoms with E-state index in [1.807, 2.05) is 18.2 Å². The predicted octanol–water partition coefficient (Wildman–Crippen LogP) is 5.51. The number of hydrazine groups is 2. The second-order valence-electron chi connectivity index (χ2n) is 12.9. The molecule has 2 aliphatic rings. The first-order valence-electron chi connectivity index (χ1n) is 14.7. The molecule has 45 heavy (non-hydrogen) atoms. The standard InChI is InChI=1S/C34H34F2N8O/c1-6-20-17-38-29-21(16-37)14-22(15-26(29)28(20)39-19-33(2,3)4)40-30(27-18-44(42-41-27)34(11-12-34)32(35)36)24-8-7-9-25-23(24)10-13-43(5)31(25)45/h1,7-10,13-15,17-18,30,32,40-42H,11-12,19H2,2-5H3,(H,38,39)/t30-/m0/s1. The Morgan fingerprint density at radius 3 is 2.60 bits per heavy atom. The van der Waals surface area contributed by atoms with Crippen molar-refractivity contribution in [2.75, 3.05) is 17.2 Å². The number of fused-ring (bicyclic) bond motifs is 2. The number of hydrogen-bond donors (Lipinski definition) is 4. The van der Waals surface area contributed by atoms with Crippen molar-refractivity contribution in [3.63, 3.8) is 0 Å². The zero-order valence-corrected chi connectivity index (χ0v) is 25.5. The third kappa shape index (κ3) is 5.41. The molecule has 3 heterocycles. The molecule has 1 fully saturated rings. The van der Waals surface area contributed by atoms with Gasteiger partial charge in [-0.05, 0) is 53.5 Å². The van der Waals surface area contributed by atoms with Gasteiger partial charge in [-0.3, -0.25) is 14.8 Å². The van der Waals surface area contributed by atoms with E-state index in [9.17, 15) is 18.8 Å². The molecule has 0 amide bonds. The Bertz CT molecular complexity index is 1990. The number of nitriles is 1. The minimum absolute atomic E-state index is 0.0530. The van der Waals surface area contributed by atoms with Gasteiger partial charge in [-0.25, -0.2) is 8.78 Å². The molecule has 0 spiro atoms. The van der Waals surface area contributed by atoms with Crippen molar-refractivity contribution in [1.29, 1.82) is 5.26 Å². The van der Waals surface area contributed by atoms with Crippen molar-refractivity contribution in [2.24, 2.45) is 12.5 Å². The van der Waals surface area contributed by atoms with E-state index >= 15 is 0 Å². The van der Waals surface area contributed by atoms with E-state index in [1.54, 1.807) is 43.8 Å². The summed E-state index contributed by atoms with van der Waals surface area (Å²) in [6.45, 7) is 6.94. The lowest BCUT2D eigenvalue weighted by atomic mass is 9.95. The highest BCUT2D eigenvalue weighted by atomic mass is 19.3. The van der Waals surface area contributed by atoms with Gasteiger partial charge in [0.25, 0.3) is 12.0 Å². The molecule has 0 saturated heterocycles. The third-order valence-corrected chi connectivity index (χ3v) is 8.37. The van der Waals surface area contributed by atoms with Gasteiger partial charge in [-0.1, -0.05) is 38.8 Å². The highest BCUT2D eigenvalue weighted by Crippen LogP contribution is 2.47. The summed E-state index contributed by atoms with van der Waals surface area (Å²) < 4.78 is 29.6. The third-order valence-electron chi connectivity index (χ3n) is 8.37. The van der Waals surface area contributed by atoms with Crippen LogP contribution in [-0.2, 0) is 7.05 Å². The first kappa shape index (κ1) is 29.9. The molecule has 0 bridgehead atoms. The van der Waals surface area contributed by atoms with Crippen LogP contribution >= 0.6 is 0 Å². The molecule has 4 N–H and O–H groups in total. The molecule has 1 aliphatic heterocycles. The lowest BCUT2D eigenvalue weighted by molar-refractivity contribution is 0.00911. The summed E-state index contributed by atoms with van der Waals surface area (Å²) in [6.07, 6.45) is 8.98. The second-order valence-corrected chi connectivity index (χ2v) is 12.9. The summed E-state index contributed by atoms with van der Waals surface area (Å²) in [5.74, 6) is 2.70. The molecule has 11 heteroatoms. The molecule has 1 aliphatic carbocycles. The van der Waals surface area contributed by atoms with Crippen molar-refractivity contribution < 1.29 is 8.78 Å². The molecule has 2 aromatic carbocycles. The van der Waals surface area contributed by atoms with Crippen LogP contribution in [0.1, 0.15) is 56.3 Å². The van der Waals surface area contributed by atoms with Crippen LogP contribution < -0.4 is 27.2 Å². The van der Waals surface area contributed by atoms with Crippen LogP contribution in [0.15, 0.2) is 65.5 Å². The van der Waals surface area contributed by atoms with Crippen molar-refractivity contribution in [2.45, 2.75) is 51.6 Å². The summed E-state index contributed by atoms with van der Waals surface area (Å²) in [5.41, 5.74) is 8.50. The topological polar surface area (TPSA) is 110 Å². The maximum Gasteiger partial charge on any atom is 0.262 e. The number of halogens is 2. The van der Waals surface area contributed by atoms with Crippen LogP contribution in [0.3, 0.4) is 0 Å². The minimum Gasteiger partial charge on any atom is -0.383 e. The zero-order chi connectivity index (χ0) is 32.1. The summed E-state index contributed by atoms with van der Waals surface area (Å²) in [4.78, 5) is 17.6. The highest BCUT2D eigenvalue weighted by Gasteiger charge is 2.56. The summed E-state index contributed by atoms with van der Waals surface area (Å²) >= 11 is 0. The average Bonchev–Trinajstić information content (AvgIpc) is 3.69. The number of aromatic nitrogens is 2. The Labute approximate surface area is 259 Å². The van der Waals surface area contributed by atoms with E-state index in [2.05, 4.69) is 59.3 Å². The molecule has 9 nitrogen and oxygen atoms in total. The molecule has 0 unspecified atom stereocenters. The minimum atomic E-state index is -2.54. The molecule has 1 saturated carbocycles. The first-order valence-corrected chi connectivity index (χ1v) is 14.7. The summed E-state index contributed by atoms with van der Waals surface area (Å²) in [6, 6.07) is 12.5. The second kappa shape index (κ2) is 11.1. The van der Waals surface area contributed by atoms with Gasteiger partial charge in [0.1, 0.15) is 11.6 Å². The molecule has 230 valence electrons. The fourth-order valence-corrected chi connectivity index (χ4v) is 5.67. The number of anilines is 2. The van der Waals surface area contributed by atoms with E-state index in [0.717, 1.165) is 5.56 Å². The van der Waals surface area contributed by atoms with Gasteiger partial charge in [0.05, 0.1) is 34.1 Å². The number of benzene rings is 2. The number of terminal acetylenes is 1. The molecule has 6 rings (SSSR count). The Morgan fingerprint density at radius 1 is 1.16 bits per heavy atom. The number of aryl methyl sites for hydroxylation is 1. The number of nitrogens with zero attached hydrogens (tertiary/aromatic N) is 4. The fourth-order valence-electron chi connectivity index (χ4n) is 5.67. The number of nitrogens with one attached hydrogen (secondary N) is 4. The van der Waals surface area contributed by atoms with Crippen LogP contribution in [0.25, 0.3) is 21.7 Å². The Morgan fingerprint density at radius 2 is 1.93 bits per heavy atom. The number of hydrogen-bond acceptors (Lipinski definition) is 8. The maximum absolute atomic E-state index is 14.0. The van der Waals surface area contributed by atoms with Crippen molar-refractivity contribution in [3.05, 3.63) is 87.7 Å². The average molecular weight is 609 g/mol. The van der Waals surface area contributed by atoms with Crippen LogP contribution in [0.5, 0.6) is 0 Å². The van der Waals surface area contributed by atoms with Crippen molar-refractivity contribution in [3.8, 4) is 18.4 Å². The monoisotopic (exact) mass is 608 g/mol. The Balaban J connectivity index is 1.51. The molecule has 1 atom stereocenters. The highest BCUT2D eigenvalue weighted by molar-refractivity contribution is 5.99. The lowest BCUT2D eigenvalue weighted by Crippen LogP contribution is -2.48. The van der Waals surface area contributed by atoms with Crippen LogP contribution in [0.2, 0.25) is 0 Å². The van der Waals surface area contributed by atoms with E-state index < -0.39 is 18.0 Å². The predicted molar refractivity (Wildman–Crippen MR) is 172 cm³/mol. The van der Waals surface area contributed by atoms with Gasteiger partial charge >= 0.3 is 0 Å². The van der Waals surface area contributed by atoms with Crippen LogP contribution in [-0.4, -0.2) is 33.1 Å². The van der Waals surface area contributed by atoms with Crippen LogP contribution in [0.4, 0.5) is 20.2 Å². The van der Waals surface area contributed by atoms with Gasteiger partial charge in [-0.2, -0.15) is 5.26 Å². The Kier molecular flexibility index (Phi) is 7.38. The van der Waals surface area contributed by atoms with Gasteiger partial charge in [-0.15, -0.1) is 12.0 Å². The zero-order valence-electron chi connectivity index (χ0n) is 25.5. The van der Waals surface area contributed by atoms with Crippen molar-refractivity contribution in [1.82, 2.24) is 25.5 Å². The van der Waals surface area contributed by atoms with Crippen molar-refractivity contribution >= 4 is 33.1 Å². The van der Waals surface area contributed by atoms with Gasteiger partial charge in [0.15, 0.2) is 0 Å². The fraction of sp³-hybridized carbons (Fsp3) is 0.324. The number of alkyl halides is 2. The van der Waals surface area contributed by atoms with Gasteiger partial charge in [0, 0.05) is 48.6 Å². The number of pyridine rings is 2. The molecule has 0 radical (unpaired) electrons. The molecular weight excluding hydrogens is 574 g/mol. The normalized spacial score (nSPS) is 16.2. The van der Waals surface area contributed by atoms with E-state index in [4.69, 9.17) is 6.42 Å². The van der Waals surface area contributed by atoms with E-state index in [0.29, 0.717) is 69.3 Å². The first-order chi connectivity index (χ1) is 21.5. The van der Waals surface area contributed by atoms with E-state index in [-0.39, 0.29) is 11.0 Å². The van der Waals surface area contributed by atoms with Crippen LogP contribution in [0, 0.1) is 29.1 Å².